The van der Waals surface area contributed by atoms with E-state index in [1.165, 1.54) is 10.8 Å². The third kappa shape index (κ3) is 4.01. The molecule has 1 aliphatic rings. The zero-order valence-corrected chi connectivity index (χ0v) is 17.8. The number of aliphatic hydroxyl groups excluding tert-OH is 1. The summed E-state index contributed by atoms with van der Waals surface area (Å²) in [5, 5.41) is 20.2. The lowest BCUT2D eigenvalue weighted by Crippen LogP contribution is -2.35. The number of nitrogens with zero attached hydrogens (tertiary/aromatic N) is 3. The lowest BCUT2D eigenvalue weighted by Gasteiger charge is -2.31. The van der Waals surface area contributed by atoms with Crippen LogP contribution in [0, 0.1) is 23.7 Å². The van der Waals surface area contributed by atoms with Gasteiger partial charge in [-0.05, 0) is 24.7 Å². The van der Waals surface area contributed by atoms with Crippen LogP contribution in [0.25, 0.3) is 10.3 Å². The average molecular weight is 425 g/mol. The molecule has 0 aliphatic carbocycles. The molecular formula is C19H28N4O5S. The molecule has 0 aromatic carbocycles. The van der Waals surface area contributed by atoms with Gasteiger partial charge >= 0.3 is 10.8 Å². The molecular weight excluding hydrogens is 396 g/mol. The SMILES string of the molecule is CC[C@H](O)[C@@H]1C[C@@H]([C@@H](C)C(C(=O)O)C(C)C)[C@H](n2c(=O)sc3cnc(N)nc32)O1. The Morgan fingerprint density at radius 1 is 1.45 bits per heavy atom. The second-order valence-corrected chi connectivity index (χ2v) is 9.05. The molecule has 6 atom stereocenters. The second kappa shape index (κ2) is 8.37. The van der Waals surface area contributed by atoms with Crippen molar-refractivity contribution in [3.8, 4) is 0 Å². The zero-order valence-electron chi connectivity index (χ0n) is 17.0. The van der Waals surface area contributed by atoms with E-state index in [0.717, 1.165) is 11.3 Å². The standard InChI is InChI=1S/C19H28N4O5S/c1-5-11(24)12-6-10(9(4)14(8(2)3)17(25)26)16(28-12)23-15-13(29-19(23)27)7-21-18(20)22-15/h7-12,14,16,24H,5-6H2,1-4H3,(H,25,26)(H2,20,21,22)/t9-,10+,11+,12+,14?,16-/m1/s1. The first kappa shape index (κ1) is 21.7. The topological polar surface area (TPSA) is 141 Å². The largest absolute Gasteiger partial charge is 0.481 e. The van der Waals surface area contributed by atoms with Crippen molar-refractivity contribution in [2.24, 2.45) is 23.7 Å². The summed E-state index contributed by atoms with van der Waals surface area (Å²) in [6, 6.07) is 0. The molecule has 0 bridgehead atoms. The lowest BCUT2D eigenvalue weighted by molar-refractivity contribution is -0.147. The van der Waals surface area contributed by atoms with Gasteiger partial charge in [0.15, 0.2) is 5.65 Å². The molecule has 2 aromatic heterocycles. The normalized spacial score (nSPS) is 25.4. The average Bonchev–Trinajstić information content (AvgIpc) is 3.20. The number of aromatic nitrogens is 3. The predicted molar refractivity (Wildman–Crippen MR) is 110 cm³/mol. The summed E-state index contributed by atoms with van der Waals surface area (Å²) in [6.45, 7) is 7.48. The summed E-state index contributed by atoms with van der Waals surface area (Å²) in [5.41, 5.74) is 6.10. The molecule has 10 heteroatoms. The van der Waals surface area contributed by atoms with Crippen LogP contribution in [0.5, 0.6) is 0 Å². The second-order valence-electron chi connectivity index (χ2n) is 8.06. The number of nitrogen functional groups attached to an aromatic ring is 1. The molecule has 0 amide bonds. The Morgan fingerprint density at radius 2 is 2.14 bits per heavy atom. The van der Waals surface area contributed by atoms with Crippen molar-refractivity contribution in [1.82, 2.24) is 14.5 Å². The van der Waals surface area contributed by atoms with E-state index >= 15 is 0 Å². The van der Waals surface area contributed by atoms with Crippen molar-refractivity contribution in [2.75, 3.05) is 5.73 Å². The van der Waals surface area contributed by atoms with Gasteiger partial charge in [-0.15, -0.1) is 0 Å². The highest BCUT2D eigenvalue weighted by Crippen LogP contribution is 2.45. The molecule has 0 spiro atoms. The first-order valence-corrected chi connectivity index (χ1v) is 10.7. The number of carbonyl (C=O) groups is 1. The van der Waals surface area contributed by atoms with Crippen LogP contribution in [0.3, 0.4) is 0 Å². The molecule has 2 aromatic rings. The van der Waals surface area contributed by atoms with Crippen LogP contribution < -0.4 is 10.6 Å². The van der Waals surface area contributed by atoms with Crippen LogP contribution >= 0.6 is 11.3 Å². The molecule has 3 heterocycles. The van der Waals surface area contributed by atoms with Gasteiger partial charge in [-0.1, -0.05) is 39.0 Å². The fourth-order valence-electron chi connectivity index (χ4n) is 4.41. The molecule has 160 valence electrons. The number of nitrogens with two attached hydrogens (primary N) is 1. The molecule has 1 aliphatic heterocycles. The summed E-state index contributed by atoms with van der Waals surface area (Å²) >= 11 is 0.992. The monoisotopic (exact) mass is 424 g/mol. The zero-order chi connectivity index (χ0) is 21.5. The molecule has 1 saturated heterocycles. The van der Waals surface area contributed by atoms with Gasteiger partial charge in [0.25, 0.3) is 0 Å². The maximum atomic E-state index is 12.8. The lowest BCUT2D eigenvalue weighted by atomic mass is 9.75. The number of aliphatic hydroxyl groups is 1. The number of thiazole rings is 1. The summed E-state index contributed by atoms with van der Waals surface area (Å²) < 4.78 is 8.18. The van der Waals surface area contributed by atoms with E-state index < -0.39 is 30.3 Å². The maximum Gasteiger partial charge on any atom is 0.311 e. The van der Waals surface area contributed by atoms with E-state index in [4.69, 9.17) is 10.5 Å². The van der Waals surface area contributed by atoms with E-state index in [1.807, 2.05) is 27.7 Å². The van der Waals surface area contributed by atoms with E-state index in [0.29, 0.717) is 23.2 Å². The molecule has 0 radical (unpaired) electrons. The highest BCUT2D eigenvalue weighted by Gasteiger charge is 2.46. The molecule has 0 saturated carbocycles. The first-order chi connectivity index (χ1) is 13.6. The summed E-state index contributed by atoms with van der Waals surface area (Å²) in [4.78, 5) is 32.6. The van der Waals surface area contributed by atoms with Gasteiger partial charge in [-0.3, -0.25) is 14.2 Å². The number of rotatable bonds is 7. The third-order valence-corrected chi connectivity index (χ3v) is 6.79. The number of ether oxygens (including phenoxy) is 1. The van der Waals surface area contributed by atoms with Crippen molar-refractivity contribution >= 4 is 33.6 Å². The predicted octanol–water partition coefficient (Wildman–Crippen LogP) is 2.10. The van der Waals surface area contributed by atoms with Crippen LogP contribution in [0.1, 0.15) is 46.8 Å². The van der Waals surface area contributed by atoms with E-state index in [2.05, 4.69) is 9.97 Å². The Hall–Kier alpha value is -2.04. The van der Waals surface area contributed by atoms with Crippen LogP contribution in [-0.2, 0) is 9.53 Å². The van der Waals surface area contributed by atoms with Crippen LogP contribution in [0.15, 0.2) is 11.0 Å². The Morgan fingerprint density at radius 3 is 2.72 bits per heavy atom. The number of hydrogen-bond donors (Lipinski definition) is 3. The van der Waals surface area contributed by atoms with Gasteiger partial charge in [0, 0.05) is 5.92 Å². The van der Waals surface area contributed by atoms with Gasteiger partial charge in [0.1, 0.15) is 6.23 Å². The van der Waals surface area contributed by atoms with Crippen LogP contribution in [0.2, 0.25) is 0 Å². The van der Waals surface area contributed by atoms with Crippen molar-refractivity contribution < 1.29 is 19.7 Å². The quantitative estimate of drug-likeness (QED) is 0.614. The number of hydrogen-bond acceptors (Lipinski definition) is 8. The first-order valence-electron chi connectivity index (χ1n) is 9.85. The molecule has 1 unspecified atom stereocenters. The van der Waals surface area contributed by atoms with Gasteiger partial charge in [-0.2, -0.15) is 4.98 Å². The van der Waals surface area contributed by atoms with E-state index in [1.54, 1.807) is 0 Å². The van der Waals surface area contributed by atoms with E-state index in [-0.39, 0.29) is 28.6 Å². The molecule has 1 fully saturated rings. The van der Waals surface area contributed by atoms with Crippen molar-refractivity contribution in [3.05, 3.63) is 15.9 Å². The fourth-order valence-corrected chi connectivity index (χ4v) is 5.23. The fraction of sp³-hybridized carbons (Fsp3) is 0.684. The highest BCUT2D eigenvalue weighted by molar-refractivity contribution is 7.16. The van der Waals surface area contributed by atoms with Gasteiger partial charge in [0.2, 0.25) is 5.95 Å². The van der Waals surface area contributed by atoms with Crippen LogP contribution in [-0.4, -0.2) is 42.9 Å². The Balaban J connectivity index is 2.09. The highest BCUT2D eigenvalue weighted by atomic mass is 32.1. The maximum absolute atomic E-state index is 12.8. The Bertz CT molecular complexity index is 942. The van der Waals surface area contributed by atoms with Crippen molar-refractivity contribution in [3.63, 3.8) is 0 Å². The summed E-state index contributed by atoms with van der Waals surface area (Å²) in [5.74, 6) is -2.10. The van der Waals surface area contributed by atoms with Crippen molar-refractivity contribution in [2.45, 2.75) is 59.0 Å². The third-order valence-electron chi connectivity index (χ3n) is 5.91. The number of carboxylic acid groups (broad SMARTS) is 1. The van der Waals surface area contributed by atoms with Gasteiger partial charge in [0.05, 0.1) is 29.0 Å². The number of aliphatic carboxylic acids is 1. The Kier molecular flexibility index (Phi) is 6.25. The Labute approximate surface area is 172 Å². The number of anilines is 1. The van der Waals surface area contributed by atoms with Gasteiger partial charge < -0.3 is 20.7 Å². The minimum absolute atomic E-state index is 0.0439. The summed E-state index contributed by atoms with van der Waals surface area (Å²) in [6.07, 6.45) is 0.547. The molecule has 3 rings (SSSR count). The minimum atomic E-state index is -0.875. The number of fused-ring (bicyclic) bond motifs is 1. The summed E-state index contributed by atoms with van der Waals surface area (Å²) in [7, 11) is 0. The molecule has 29 heavy (non-hydrogen) atoms. The molecule has 9 nitrogen and oxygen atoms in total. The van der Waals surface area contributed by atoms with Crippen molar-refractivity contribution in [1.29, 1.82) is 0 Å². The van der Waals surface area contributed by atoms with Crippen LogP contribution in [0.4, 0.5) is 5.95 Å². The smallest absolute Gasteiger partial charge is 0.311 e. The minimum Gasteiger partial charge on any atom is -0.481 e. The number of carboxylic acids is 1. The molecule has 4 N–H and O–H groups in total. The van der Waals surface area contributed by atoms with Gasteiger partial charge in [-0.25, -0.2) is 4.98 Å². The van der Waals surface area contributed by atoms with E-state index in [9.17, 15) is 19.8 Å².